The fourth-order valence-electron chi connectivity index (χ4n) is 9.94. The highest BCUT2D eigenvalue weighted by atomic mass is 16.3. The van der Waals surface area contributed by atoms with Crippen LogP contribution in [0.5, 0.6) is 0 Å². The number of benzene rings is 9. The Balaban J connectivity index is 1.20. The van der Waals surface area contributed by atoms with Crippen molar-refractivity contribution in [2.75, 3.05) is 0 Å². The van der Waals surface area contributed by atoms with Gasteiger partial charge in [-0.3, -0.25) is 0 Å². The summed E-state index contributed by atoms with van der Waals surface area (Å²) in [5, 5.41) is 4.48. The van der Waals surface area contributed by atoms with Gasteiger partial charge in [0.15, 0.2) is 17.5 Å². The van der Waals surface area contributed by atoms with Crippen LogP contribution < -0.4 is 0 Å². The summed E-state index contributed by atoms with van der Waals surface area (Å²) in [6.45, 7) is 8.68. The monoisotopic (exact) mass is 848 g/mol. The van der Waals surface area contributed by atoms with Gasteiger partial charge in [0.2, 0.25) is 0 Å². The maximum Gasteiger partial charge on any atom is 0.166 e. The predicted molar refractivity (Wildman–Crippen MR) is 273 cm³/mol. The first-order valence-corrected chi connectivity index (χ1v) is 22.5. The van der Waals surface area contributed by atoms with Crippen molar-refractivity contribution >= 4 is 43.7 Å². The Morgan fingerprint density at radius 1 is 0.333 bits per heavy atom. The van der Waals surface area contributed by atoms with Crippen molar-refractivity contribution in [1.82, 2.24) is 19.5 Å². The van der Waals surface area contributed by atoms with E-state index in [1.165, 1.54) is 44.2 Å². The summed E-state index contributed by atoms with van der Waals surface area (Å²) >= 11 is 0. The second-order valence-corrected chi connectivity index (χ2v) is 17.6. The predicted octanol–water partition coefficient (Wildman–Crippen LogP) is 16.1. The standard InChI is InChI=1S/C61H44N4O/c1-37-28-38(2)31-46(30-37)43-22-25-49-50-26-23-44(47-32-39(3)29-40(4)33-47)36-55(50)65(54(49)35-43)53-27-24-45(48-19-13-21-57-58(48)51-18-11-12-20-56(51)66-57)34-52(53)61-63-59(41-14-7-5-8-15-41)62-60(64-61)42-16-9-6-10-17-42/h5-36H,1-4H3. The summed E-state index contributed by atoms with van der Waals surface area (Å²) in [5.41, 5.74) is 19.3. The minimum atomic E-state index is 0.578. The van der Waals surface area contributed by atoms with E-state index in [-0.39, 0.29) is 0 Å². The first-order valence-electron chi connectivity index (χ1n) is 22.5. The zero-order chi connectivity index (χ0) is 44.5. The molecule has 0 aliphatic carbocycles. The molecular formula is C61H44N4O. The molecule has 12 rings (SSSR count). The number of rotatable bonds is 7. The van der Waals surface area contributed by atoms with Gasteiger partial charge in [0.25, 0.3) is 0 Å². The lowest BCUT2D eigenvalue weighted by atomic mass is 9.96. The van der Waals surface area contributed by atoms with Crippen LogP contribution in [0.2, 0.25) is 0 Å². The molecule has 0 bridgehead atoms. The minimum absolute atomic E-state index is 0.578. The molecule has 0 spiro atoms. The van der Waals surface area contributed by atoms with Gasteiger partial charge in [-0.25, -0.2) is 15.0 Å². The fourth-order valence-corrected chi connectivity index (χ4v) is 9.94. The molecule has 0 aliphatic rings. The molecule has 66 heavy (non-hydrogen) atoms. The quantitative estimate of drug-likeness (QED) is 0.160. The molecule has 0 aliphatic heterocycles. The summed E-state index contributed by atoms with van der Waals surface area (Å²) in [6.07, 6.45) is 0. The molecule has 0 unspecified atom stereocenters. The van der Waals surface area contributed by atoms with Crippen LogP contribution in [0.15, 0.2) is 199 Å². The highest BCUT2D eigenvalue weighted by Gasteiger charge is 2.23. The average molecular weight is 849 g/mol. The molecule has 0 fully saturated rings. The van der Waals surface area contributed by atoms with Crippen molar-refractivity contribution in [3.05, 3.63) is 216 Å². The highest BCUT2D eigenvalue weighted by Crippen LogP contribution is 2.43. The molecule has 12 aromatic rings. The number of furan rings is 1. The van der Waals surface area contributed by atoms with Gasteiger partial charge in [-0.15, -0.1) is 0 Å². The summed E-state index contributed by atoms with van der Waals surface area (Å²) in [6, 6.07) is 69.2. The number of aromatic nitrogens is 4. The SMILES string of the molecule is Cc1cc(C)cc(-c2ccc3c4ccc(-c5cc(C)cc(C)c5)cc4n(-c4ccc(-c5cccc6oc7ccccc7c56)cc4-c4nc(-c5ccccc5)nc(-c5ccccc5)n4)c3c2)c1. The van der Waals surface area contributed by atoms with Gasteiger partial charge in [0.05, 0.1) is 16.7 Å². The summed E-state index contributed by atoms with van der Waals surface area (Å²) in [5.74, 6) is 1.79. The highest BCUT2D eigenvalue weighted by molar-refractivity contribution is 6.14. The van der Waals surface area contributed by atoms with E-state index in [4.69, 9.17) is 19.4 Å². The smallest absolute Gasteiger partial charge is 0.166 e. The van der Waals surface area contributed by atoms with Crippen LogP contribution in [0, 0.1) is 27.7 Å². The third kappa shape index (κ3) is 6.84. The van der Waals surface area contributed by atoms with Gasteiger partial charge in [0.1, 0.15) is 11.2 Å². The van der Waals surface area contributed by atoms with E-state index < -0.39 is 0 Å². The molecule has 9 aromatic carbocycles. The van der Waals surface area contributed by atoms with Crippen molar-refractivity contribution in [3.63, 3.8) is 0 Å². The molecule has 3 heterocycles. The lowest BCUT2D eigenvalue weighted by Gasteiger charge is -2.17. The van der Waals surface area contributed by atoms with E-state index in [1.807, 2.05) is 48.5 Å². The van der Waals surface area contributed by atoms with Gasteiger partial charge < -0.3 is 8.98 Å². The molecule has 0 radical (unpaired) electrons. The molecular weight excluding hydrogens is 805 g/mol. The second-order valence-electron chi connectivity index (χ2n) is 17.6. The van der Waals surface area contributed by atoms with Crippen LogP contribution in [-0.4, -0.2) is 19.5 Å². The van der Waals surface area contributed by atoms with Gasteiger partial charge in [-0.2, -0.15) is 0 Å². The number of fused-ring (bicyclic) bond motifs is 6. The summed E-state index contributed by atoms with van der Waals surface area (Å²) < 4.78 is 8.86. The first kappa shape index (κ1) is 39.2. The number of nitrogens with zero attached hydrogens (tertiary/aromatic N) is 4. The Morgan fingerprint density at radius 2 is 0.833 bits per heavy atom. The lowest BCUT2D eigenvalue weighted by Crippen LogP contribution is -2.04. The second kappa shape index (κ2) is 15.7. The van der Waals surface area contributed by atoms with Gasteiger partial charge >= 0.3 is 0 Å². The molecule has 5 heteroatoms. The maximum absolute atomic E-state index is 6.43. The third-order valence-electron chi connectivity index (χ3n) is 12.8. The first-order chi connectivity index (χ1) is 32.3. The van der Waals surface area contributed by atoms with Crippen molar-refractivity contribution < 1.29 is 4.42 Å². The molecule has 0 atom stereocenters. The third-order valence-corrected chi connectivity index (χ3v) is 12.8. The van der Waals surface area contributed by atoms with Crippen LogP contribution in [0.1, 0.15) is 22.3 Å². The van der Waals surface area contributed by atoms with E-state index in [2.05, 4.69) is 178 Å². The van der Waals surface area contributed by atoms with Crippen LogP contribution in [0.4, 0.5) is 0 Å². The van der Waals surface area contributed by atoms with Gasteiger partial charge in [0, 0.05) is 38.2 Å². The normalized spacial score (nSPS) is 11.6. The van der Waals surface area contributed by atoms with E-state index in [9.17, 15) is 0 Å². The van der Waals surface area contributed by atoms with E-state index in [0.29, 0.717) is 17.5 Å². The zero-order valence-electron chi connectivity index (χ0n) is 37.2. The van der Waals surface area contributed by atoms with E-state index in [0.717, 1.165) is 77.6 Å². The van der Waals surface area contributed by atoms with Crippen molar-refractivity contribution in [1.29, 1.82) is 0 Å². The summed E-state index contributed by atoms with van der Waals surface area (Å²) in [4.78, 5) is 15.9. The van der Waals surface area contributed by atoms with Crippen LogP contribution in [-0.2, 0) is 0 Å². The van der Waals surface area contributed by atoms with Crippen LogP contribution in [0.25, 0.3) is 117 Å². The van der Waals surface area contributed by atoms with E-state index >= 15 is 0 Å². The number of hydrogen-bond acceptors (Lipinski definition) is 4. The van der Waals surface area contributed by atoms with Gasteiger partial charge in [-0.1, -0.05) is 180 Å². The van der Waals surface area contributed by atoms with Crippen LogP contribution >= 0.6 is 0 Å². The largest absolute Gasteiger partial charge is 0.456 e. The molecule has 0 amide bonds. The van der Waals surface area contributed by atoms with Crippen molar-refractivity contribution in [2.24, 2.45) is 0 Å². The Bertz CT molecular complexity index is 3650. The van der Waals surface area contributed by atoms with Gasteiger partial charge in [-0.05, 0) is 97.5 Å². The molecule has 314 valence electrons. The number of hydrogen-bond donors (Lipinski definition) is 0. The summed E-state index contributed by atoms with van der Waals surface area (Å²) in [7, 11) is 0. The Kier molecular flexibility index (Phi) is 9.32. The minimum Gasteiger partial charge on any atom is -0.456 e. The molecule has 5 nitrogen and oxygen atoms in total. The topological polar surface area (TPSA) is 56.7 Å². The molecule has 0 saturated heterocycles. The average Bonchev–Trinajstić information content (AvgIpc) is 3.89. The molecule has 0 saturated carbocycles. The lowest BCUT2D eigenvalue weighted by molar-refractivity contribution is 0.669. The fraction of sp³-hybridized carbons (Fsp3) is 0.0656. The van der Waals surface area contributed by atoms with Crippen molar-refractivity contribution in [3.8, 4) is 73.2 Å². The number of aryl methyl sites for hydroxylation is 4. The Labute approximate surface area is 383 Å². The molecule has 3 aromatic heterocycles. The molecule has 0 N–H and O–H groups in total. The van der Waals surface area contributed by atoms with Crippen LogP contribution in [0.3, 0.4) is 0 Å². The Hall–Kier alpha value is -8.41. The maximum atomic E-state index is 6.43. The van der Waals surface area contributed by atoms with Crippen molar-refractivity contribution in [2.45, 2.75) is 27.7 Å². The number of para-hydroxylation sites is 1. The Morgan fingerprint density at radius 3 is 1.41 bits per heavy atom. The zero-order valence-corrected chi connectivity index (χ0v) is 37.2. The van der Waals surface area contributed by atoms with E-state index in [1.54, 1.807) is 0 Å².